The number of carbonyl (C=O) groups excluding carboxylic acids is 2. The summed E-state index contributed by atoms with van der Waals surface area (Å²) in [5.41, 5.74) is 1.11. The van der Waals surface area contributed by atoms with Crippen molar-refractivity contribution in [2.45, 2.75) is 78.4 Å². The van der Waals surface area contributed by atoms with Gasteiger partial charge in [0.2, 0.25) is 0 Å². The number of nitrogens with one attached hydrogen (secondary N) is 1. The van der Waals surface area contributed by atoms with E-state index < -0.39 is 0 Å². The first-order chi connectivity index (χ1) is 14.6. The minimum Gasteiger partial charge on any atom is -0.484 e. The van der Waals surface area contributed by atoms with Crippen molar-refractivity contribution in [2.75, 3.05) is 11.9 Å². The topological polar surface area (TPSA) is 76.5 Å². The van der Waals surface area contributed by atoms with E-state index in [-0.39, 0.29) is 36.0 Å². The number of benzene rings is 1. The Bertz CT molecular complexity index is 917. The molecule has 31 heavy (non-hydrogen) atoms. The Morgan fingerprint density at radius 2 is 1.74 bits per heavy atom. The molecule has 0 bridgehead atoms. The lowest BCUT2D eigenvalue weighted by atomic mass is 9.97. The summed E-state index contributed by atoms with van der Waals surface area (Å²) in [5.74, 6) is 1.01. The van der Waals surface area contributed by atoms with Gasteiger partial charge in [-0.05, 0) is 85.1 Å². The van der Waals surface area contributed by atoms with Gasteiger partial charge in [-0.3, -0.25) is 9.59 Å². The van der Waals surface area contributed by atoms with Gasteiger partial charge in [-0.2, -0.15) is 5.10 Å². The average molecular weight is 427 g/mol. The van der Waals surface area contributed by atoms with Crippen molar-refractivity contribution in [1.29, 1.82) is 0 Å². The highest BCUT2D eigenvalue weighted by Gasteiger charge is 2.29. The van der Waals surface area contributed by atoms with Crippen LogP contribution >= 0.6 is 0 Å². The van der Waals surface area contributed by atoms with Crippen LogP contribution in [-0.2, 0) is 10.3 Å². The number of hydrogen-bond donors (Lipinski definition) is 1. The highest BCUT2D eigenvalue weighted by Crippen LogP contribution is 2.24. The number of rotatable bonds is 5. The number of anilines is 1. The lowest BCUT2D eigenvalue weighted by Crippen LogP contribution is -2.49. The number of nitrogens with zero attached hydrogens (tertiary/aromatic N) is 3. The molecule has 168 valence electrons. The second-order valence-corrected chi connectivity index (χ2v) is 9.45. The third-order valence-corrected chi connectivity index (χ3v) is 5.67. The van der Waals surface area contributed by atoms with E-state index in [1.54, 1.807) is 24.3 Å². The van der Waals surface area contributed by atoms with Crippen molar-refractivity contribution < 1.29 is 14.3 Å². The van der Waals surface area contributed by atoms with Crippen LogP contribution in [0, 0.1) is 6.92 Å². The van der Waals surface area contributed by atoms with Gasteiger partial charge in [-0.1, -0.05) is 0 Å². The maximum Gasteiger partial charge on any atom is 0.260 e. The van der Waals surface area contributed by atoms with Crippen LogP contribution in [0.4, 0.5) is 5.82 Å². The van der Waals surface area contributed by atoms with Gasteiger partial charge >= 0.3 is 0 Å². The van der Waals surface area contributed by atoms with Crippen molar-refractivity contribution in [1.82, 2.24) is 14.7 Å². The van der Waals surface area contributed by atoms with Gasteiger partial charge in [0.15, 0.2) is 6.61 Å². The zero-order valence-corrected chi connectivity index (χ0v) is 19.4. The number of amides is 2. The Hall–Kier alpha value is -2.83. The van der Waals surface area contributed by atoms with Gasteiger partial charge in [-0.25, -0.2) is 4.68 Å². The molecule has 2 atom stereocenters. The van der Waals surface area contributed by atoms with E-state index in [0.29, 0.717) is 17.1 Å². The zero-order valence-electron chi connectivity index (χ0n) is 19.4. The smallest absolute Gasteiger partial charge is 0.260 e. The van der Waals surface area contributed by atoms with E-state index in [4.69, 9.17) is 4.74 Å². The van der Waals surface area contributed by atoms with Crippen LogP contribution in [0.2, 0.25) is 0 Å². The van der Waals surface area contributed by atoms with Crippen LogP contribution in [0.1, 0.15) is 69.9 Å². The van der Waals surface area contributed by atoms with Gasteiger partial charge < -0.3 is 15.0 Å². The monoisotopic (exact) mass is 426 g/mol. The third kappa shape index (κ3) is 5.46. The standard InChI is InChI=1S/C24H34N4O3/c1-16-14-21(28(26-16)24(4,5)6)25-23(30)19-10-12-20(13-11-19)31-15-22(29)27-17(2)8-7-9-18(27)3/h10-14,17-18H,7-9,15H2,1-6H3,(H,25,30). The molecule has 1 N–H and O–H groups in total. The van der Waals surface area contributed by atoms with Crippen LogP contribution in [0.5, 0.6) is 5.75 Å². The first-order valence-corrected chi connectivity index (χ1v) is 11.0. The molecule has 2 unspecified atom stereocenters. The van der Waals surface area contributed by atoms with Gasteiger partial charge in [0.1, 0.15) is 11.6 Å². The van der Waals surface area contributed by atoms with Crippen molar-refractivity contribution in [2.24, 2.45) is 0 Å². The summed E-state index contributed by atoms with van der Waals surface area (Å²) in [5, 5.41) is 7.42. The van der Waals surface area contributed by atoms with Crippen molar-refractivity contribution in [3.8, 4) is 5.75 Å². The van der Waals surface area contributed by atoms with Crippen LogP contribution in [-0.4, -0.2) is 45.2 Å². The fraction of sp³-hybridized carbons (Fsp3) is 0.542. The van der Waals surface area contributed by atoms with E-state index in [1.165, 1.54) is 0 Å². The molecule has 0 radical (unpaired) electrons. The van der Waals surface area contributed by atoms with Crippen molar-refractivity contribution in [3.63, 3.8) is 0 Å². The lowest BCUT2D eigenvalue weighted by Gasteiger charge is -2.38. The number of hydrogen-bond acceptors (Lipinski definition) is 4. The second kappa shape index (κ2) is 9.12. The zero-order chi connectivity index (χ0) is 22.8. The predicted molar refractivity (Wildman–Crippen MR) is 121 cm³/mol. The normalized spacial score (nSPS) is 19.2. The molecule has 2 heterocycles. The summed E-state index contributed by atoms with van der Waals surface area (Å²) in [4.78, 5) is 27.3. The molecule has 0 saturated carbocycles. The molecule has 1 aromatic carbocycles. The van der Waals surface area contributed by atoms with E-state index in [2.05, 4.69) is 24.3 Å². The molecule has 1 fully saturated rings. The van der Waals surface area contributed by atoms with Gasteiger partial charge in [0, 0.05) is 23.7 Å². The highest BCUT2D eigenvalue weighted by atomic mass is 16.5. The SMILES string of the molecule is Cc1cc(NC(=O)c2ccc(OCC(=O)N3C(C)CCCC3C)cc2)n(C(C)(C)C)n1. The number of likely N-dealkylation sites (tertiary alicyclic amines) is 1. The fourth-order valence-electron chi connectivity index (χ4n) is 4.12. The Kier molecular flexibility index (Phi) is 6.72. The van der Waals surface area contributed by atoms with Crippen molar-refractivity contribution >= 4 is 17.6 Å². The first-order valence-electron chi connectivity index (χ1n) is 11.0. The Morgan fingerprint density at radius 3 is 2.32 bits per heavy atom. The summed E-state index contributed by atoms with van der Waals surface area (Å²) in [6.45, 7) is 12.2. The second-order valence-electron chi connectivity index (χ2n) is 9.45. The van der Waals surface area contributed by atoms with Crippen LogP contribution < -0.4 is 10.1 Å². The molecule has 2 amide bonds. The molecule has 7 nitrogen and oxygen atoms in total. The molecule has 1 aromatic heterocycles. The molecule has 1 aliphatic heterocycles. The fourth-order valence-corrected chi connectivity index (χ4v) is 4.12. The molecule has 0 spiro atoms. The number of ether oxygens (including phenoxy) is 1. The summed E-state index contributed by atoms with van der Waals surface area (Å²) < 4.78 is 7.51. The van der Waals surface area contributed by atoms with Crippen LogP contribution in [0.15, 0.2) is 30.3 Å². The number of aromatic nitrogens is 2. The van der Waals surface area contributed by atoms with E-state index in [1.807, 2.05) is 43.3 Å². The Balaban J connectivity index is 1.60. The van der Waals surface area contributed by atoms with Crippen molar-refractivity contribution in [3.05, 3.63) is 41.6 Å². The Labute approximate surface area is 184 Å². The third-order valence-electron chi connectivity index (χ3n) is 5.67. The molecular weight excluding hydrogens is 392 g/mol. The van der Waals surface area contributed by atoms with E-state index in [0.717, 1.165) is 25.0 Å². The number of aryl methyl sites for hydroxylation is 1. The van der Waals surface area contributed by atoms with Crippen LogP contribution in [0.25, 0.3) is 0 Å². The van der Waals surface area contributed by atoms with E-state index in [9.17, 15) is 9.59 Å². The average Bonchev–Trinajstić information content (AvgIpc) is 3.07. The maximum absolute atomic E-state index is 12.7. The maximum atomic E-state index is 12.7. The molecular formula is C24H34N4O3. The molecule has 1 saturated heterocycles. The molecule has 2 aromatic rings. The minimum atomic E-state index is -0.246. The first kappa shape index (κ1) is 22.8. The van der Waals surface area contributed by atoms with E-state index >= 15 is 0 Å². The molecule has 7 heteroatoms. The molecule has 1 aliphatic rings. The summed E-state index contributed by atoms with van der Waals surface area (Å²) >= 11 is 0. The lowest BCUT2D eigenvalue weighted by molar-refractivity contribution is -0.139. The molecule has 0 aliphatic carbocycles. The number of piperidine rings is 1. The highest BCUT2D eigenvalue weighted by molar-refractivity contribution is 6.03. The Morgan fingerprint density at radius 1 is 1.13 bits per heavy atom. The predicted octanol–water partition coefficient (Wildman–Crippen LogP) is 4.37. The minimum absolute atomic E-state index is 0.00423. The van der Waals surface area contributed by atoms with Gasteiger partial charge in [0.25, 0.3) is 11.8 Å². The quantitative estimate of drug-likeness (QED) is 0.770. The molecule has 3 rings (SSSR count). The summed E-state index contributed by atoms with van der Waals surface area (Å²) in [6, 6.07) is 9.19. The van der Waals surface area contributed by atoms with Crippen LogP contribution in [0.3, 0.4) is 0 Å². The summed E-state index contributed by atoms with van der Waals surface area (Å²) in [7, 11) is 0. The summed E-state index contributed by atoms with van der Waals surface area (Å²) in [6.07, 6.45) is 3.23. The number of carbonyl (C=O) groups is 2. The van der Waals surface area contributed by atoms with Gasteiger partial charge in [-0.15, -0.1) is 0 Å². The largest absolute Gasteiger partial charge is 0.484 e. The van der Waals surface area contributed by atoms with Gasteiger partial charge in [0.05, 0.1) is 11.2 Å².